The molecule has 0 radical (unpaired) electrons. The van der Waals surface area contributed by atoms with Crippen molar-refractivity contribution in [3.8, 4) is 5.75 Å². The molecule has 2 rings (SSSR count). The molecule has 106 valence electrons. The van der Waals surface area contributed by atoms with Crippen molar-refractivity contribution in [1.29, 1.82) is 0 Å². The van der Waals surface area contributed by atoms with Gasteiger partial charge in [0, 0.05) is 30.4 Å². The quantitative estimate of drug-likeness (QED) is 0.872. The van der Waals surface area contributed by atoms with Gasteiger partial charge in [0.15, 0.2) is 0 Å². The van der Waals surface area contributed by atoms with E-state index in [1.165, 1.54) is 11.3 Å². The van der Waals surface area contributed by atoms with Crippen molar-refractivity contribution in [3.63, 3.8) is 0 Å². The van der Waals surface area contributed by atoms with Gasteiger partial charge in [-0.2, -0.15) is 0 Å². The summed E-state index contributed by atoms with van der Waals surface area (Å²) in [6, 6.07) is 6.41. The summed E-state index contributed by atoms with van der Waals surface area (Å²) in [5, 5.41) is 12.9. The monoisotopic (exact) mass is 264 g/mol. The molecule has 1 atom stereocenters. The third-order valence-electron chi connectivity index (χ3n) is 3.93. The topological polar surface area (TPSA) is 44.7 Å². The highest BCUT2D eigenvalue weighted by Gasteiger charge is 2.22. The molecule has 1 saturated heterocycles. The van der Waals surface area contributed by atoms with Gasteiger partial charge >= 0.3 is 0 Å². The van der Waals surface area contributed by atoms with Crippen LogP contribution in [0.5, 0.6) is 5.75 Å². The molecular formula is C15H24N2O2. The van der Waals surface area contributed by atoms with Crippen LogP contribution in [-0.4, -0.2) is 38.5 Å². The standard InChI is InChI=1S/C15H24N2O2/c1-11(16-2)15-13(5-4-6-14(15)19-3)17-9-7-12(18)8-10-17/h4-6,11-12,16,18H,7-10H2,1-3H3. The van der Waals surface area contributed by atoms with Crippen molar-refractivity contribution in [3.05, 3.63) is 23.8 Å². The van der Waals surface area contributed by atoms with Gasteiger partial charge in [-0.05, 0) is 38.9 Å². The first-order valence-corrected chi connectivity index (χ1v) is 6.94. The van der Waals surface area contributed by atoms with Crippen LogP contribution in [0.25, 0.3) is 0 Å². The lowest BCUT2D eigenvalue weighted by atomic mass is 10.0. The summed E-state index contributed by atoms with van der Waals surface area (Å²) in [5.74, 6) is 0.922. The number of aliphatic hydroxyl groups is 1. The molecule has 1 heterocycles. The first-order valence-electron chi connectivity index (χ1n) is 6.94. The van der Waals surface area contributed by atoms with Crippen molar-refractivity contribution in [2.24, 2.45) is 0 Å². The molecule has 0 amide bonds. The molecule has 1 aliphatic heterocycles. The summed E-state index contributed by atoms with van der Waals surface area (Å²) in [6.45, 7) is 3.94. The van der Waals surface area contributed by atoms with Gasteiger partial charge < -0.3 is 20.1 Å². The Morgan fingerprint density at radius 2 is 2.05 bits per heavy atom. The van der Waals surface area contributed by atoms with Crippen LogP contribution in [0.15, 0.2) is 18.2 Å². The van der Waals surface area contributed by atoms with Crippen LogP contribution < -0.4 is 15.0 Å². The Kier molecular flexibility index (Phi) is 4.66. The van der Waals surface area contributed by atoms with E-state index in [0.29, 0.717) is 0 Å². The van der Waals surface area contributed by atoms with Crippen molar-refractivity contribution in [2.45, 2.75) is 31.9 Å². The minimum atomic E-state index is -0.146. The number of benzene rings is 1. The van der Waals surface area contributed by atoms with Crippen molar-refractivity contribution in [1.82, 2.24) is 5.32 Å². The summed E-state index contributed by atoms with van der Waals surface area (Å²) >= 11 is 0. The summed E-state index contributed by atoms with van der Waals surface area (Å²) in [4.78, 5) is 2.35. The van der Waals surface area contributed by atoms with E-state index in [0.717, 1.165) is 31.7 Å². The maximum atomic E-state index is 9.64. The number of rotatable bonds is 4. The Hall–Kier alpha value is -1.26. The average Bonchev–Trinajstić information content (AvgIpc) is 2.46. The maximum Gasteiger partial charge on any atom is 0.125 e. The zero-order valence-electron chi connectivity index (χ0n) is 12.0. The van der Waals surface area contributed by atoms with Gasteiger partial charge in [-0.3, -0.25) is 0 Å². The molecular weight excluding hydrogens is 240 g/mol. The predicted octanol–water partition coefficient (Wildman–Crippen LogP) is 1.94. The molecule has 0 aromatic heterocycles. The highest BCUT2D eigenvalue weighted by atomic mass is 16.5. The average molecular weight is 264 g/mol. The lowest BCUT2D eigenvalue weighted by Gasteiger charge is -2.34. The highest BCUT2D eigenvalue weighted by Crippen LogP contribution is 2.35. The van der Waals surface area contributed by atoms with Crippen LogP contribution in [0.4, 0.5) is 5.69 Å². The number of piperidine rings is 1. The Bertz CT molecular complexity index is 415. The van der Waals surface area contributed by atoms with Gasteiger partial charge in [-0.1, -0.05) is 6.07 Å². The number of hydrogen-bond donors (Lipinski definition) is 2. The summed E-state index contributed by atoms with van der Waals surface area (Å²) in [6.07, 6.45) is 1.53. The minimum Gasteiger partial charge on any atom is -0.496 e. The molecule has 1 aromatic carbocycles. The number of hydrogen-bond acceptors (Lipinski definition) is 4. The first kappa shape index (κ1) is 14.2. The zero-order chi connectivity index (χ0) is 13.8. The molecule has 2 N–H and O–H groups in total. The molecule has 1 unspecified atom stereocenters. The molecule has 4 heteroatoms. The molecule has 1 aliphatic rings. The van der Waals surface area contributed by atoms with E-state index in [2.05, 4.69) is 23.2 Å². The number of nitrogens with zero attached hydrogens (tertiary/aromatic N) is 1. The summed E-state index contributed by atoms with van der Waals surface area (Å²) in [7, 11) is 3.67. The number of ether oxygens (including phenoxy) is 1. The first-order chi connectivity index (χ1) is 9.17. The van der Waals surface area contributed by atoms with Gasteiger partial charge in [-0.25, -0.2) is 0 Å². The fraction of sp³-hybridized carbons (Fsp3) is 0.600. The van der Waals surface area contributed by atoms with Crippen LogP contribution >= 0.6 is 0 Å². The number of anilines is 1. The fourth-order valence-electron chi connectivity index (χ4n) is 2.67. The van der Waals surface area contributed by atoms with Crippen LogP contribution in [0.1, 0.15) is 31.4 Å². The molecule has 19 heavy (non-hydrogen) atoms. The number of nitrogens with one attached hydrogen (secondary N) is 1. The van der Waals surface area contributed by atoms with E-state index in [9.17, 15) is 5.11 Å². The second kappa shape index (κ2) is 6.26. The fourth-order valence-corrected chi connectivity index (χ4v) is 2.67. The van der Waals surface area contributed by atoms with E-state index < -0.39 is 0 Å². The van der Waals surface area contributed by atoms with Crippen molar-refractivity contribution >= 4 is 5.69 Å². The Morgan fingerprint density at radius 3 is 2.63 bits per heavy atom. The predicted molar refractivity (Wildman–Crippen MR) is 77.9 cm³/mol. The second-order valence-electron chi connectivity index (χ2n) is 5.12. The Balaban J connectivity index is 2.33. The largest absolute Gasteiger partial charge is 0.496 e. The Labute approximate surface area is 115 Å². The maximum absolute atomic E-state index is 9.64. The molecule has 0 aliphatic carbocycles. The van der Waals surface area contributed by atoms with Crippen molar-refractivity contribution in [2.75, 3.05) is 32.1 Å². The number of methoxy groups -OCH3 is 1. The SMILES string of the molecule is CNC(C)c1c(OC)cccc1N1CCC(O)CC1. The van der Waals surface area contributed by atoms with E-state index in [4.69, 9.17) is 4.74 Å². The lowest BCUT2D eigenvalue weighted by molar-refractivity contribution is 0.145. The van der Waals surface area contributed by atoms with E-state index in [-0.39, 0.29) is 12.1 Å². The van der Waals surface area contributed by atoms with Crippen LogP contribution in [0, 0.1) is 0 Å². The summed E-state index contributed by atoms with van der Waals surface area (Å²) < 4.78 is 5.50. The van der Waals surface area contributed by atoms with Crippen molar-refractivity contribution < 1.29 is 9.84 Å². The van der Waals surface area contributed by atoms with Crippen LogP contribution in [-0.2, 0) is 0 Å². The van der Waals surface area contributed by atoms with Gasteiger partial charge in [0.05, 0.1) is 13.2 Å². The molecule has 1 fully saturated rings. The van der Waals surface area contributed by atoms with Gasteiger partial charge in [0.25, 0.3) is 0 Å². The smallest absolute Gasteiger partial charge is 0.125 e. The zero-order valence-corrected chi connectivity index (χ0v) is 12.0. The van der Waals surface area contributed by atoms with E-state index in [1.807, 2.05) is 19.2 Å². The molecule has 0 saturated carbocycles. The van der Waals surface area contributed by atoms with E-state index in [1.54, 1.807) is 7.11 Å². The van der Waals surface area contributed by atoms with Gasteiger partial charge in [0.2, 0.25) is 0 Å². The van der Waals surface area contributed by atoms with E-state index >= 15 is 0 Å². The molecule has 4 nitrogen and oxygen atoms in total. The third kappa shape index (κ3) is 3.01. The normalized spacial score (nSPS) is 18.4. The Morgan fingerprint density at radius 1 is 1.37 bits per heavy atom. The van der Waals surface area contributed by atoms with Gasteiger partial charge in [0.1, 0.15) is 5.75 Å². The van der Waals surface area contributed by atoms with Crippen LogP contribution in [0.3, 0.4) is 0 Å². The summed E-state index contributed by atoms with van der Waals surface area (Å²) in [5.41, 5.74) is 2.41. The molecule has 0 spiro atoms. The van der Waals surface area contributed by atoms with Crippen LogP contribution in [0.2, 0.25) is 0 Å². The van der Waals surface area contributed by atoms with Gasteiger partial charge in [-0.15, -0.1) is 0 Å². The second-order valence-corrected chi connectivity index (χ2v) is 5.12. The minimum absolute atomic E-state index is 0.146. The highest BCUT2D eigenvalue weighted by molar-refractivity contribution is 5.61. The lowest BCUT2D eigenvalue weighted by Crippen LogP contribution is -2.36. The molecule has 0 bridgehead atoms. The third-order valence-corrected chi connectivity index (χ3v) is 3.93. The number of aliphatic hydroxyl groups excluding tert-OH is 1. The molecule has 1 aromatic rings.